The molecule has 1 heterocycles. The number of H-pyrrole nitrogens is 1. The Morgan fingerprint density at radius 3 is 2.93 bits per heavy atom. The molecule has 1 aromatic rings. The van der Waals surface area contributed by atoms with E-state index in [9.17, 15) is 19.7 Å². The monoisotopic (exact) mass is 206 g/mol. The Morgan fingerprint density at radius 1 is 1.60 bits per heavy atom. The number of aldehydes is 1. The van der Waals surface area contributed by atoms with Gasteiger partial charge in [-0.05, 0) is 0 Å². The van der Waals surface area contributed by atoms with Crippen LogP contribution in [0, 0.1) is 22.0 Å². The lowest BCUT2D eigenvalue weighted by atomic mass is 10.2. The van der Waals surface area contributed by atoms with E-state index in [0.29, 0.717) is 11.8 Å². The van der Waals surface area contributed by atoms with Gasteiger partial charge in [0.05, 0.1) is 11.3 Å². The van der Waals surface area contributed by atoms with Gasteiger partial charge in [0.1, 0.15) is 6.29 Å². The predicted octanol–water partition coefficient (Wildman–Crippen LogP) is 0.224. The lowest BCUT2D eigenvalue weighted by molar-refractivity contribution is -0.386. The van der Waals surface area contributed by atoms with Crippen LogP contribution in [0.2, 0.25) is 0 Å². The first-order chi connectivity index (χ1) is 7.15. The molecule has 76 valence electrons. The van der Waals surface area contributed by atoms with Crippen molar-refractivity contribution in [3.8, 4) is 11.8 Å². The highest BCUT2D eigenvalue weighted by Crippen LogP contribution is 2.04. The minimum Gasteiger partial charge on any atom is -0.322 e. The van der Waals surface area contributed by atoms with E-state index in [4.69, 9.17) is 0 Å². The maximum Gasteiger partial charge on any atom is 0.335 e. The molecule has 0 unspecified atom stereocenters. The molecule has 0 fully saturated rings. The van der Waals surface area contributed by atoms with Crippen molar-refractivity contribution in [2.75, 3.05) is 0 Å². The van der Waals surface area contributed by atoms with E-state index in [1.807, 2.05) is 0 Å². The summed E-state index contributed by atoms with van der Waals surface area (Å²) in [6.07, 6.45) is 1.92. The highest BCUT2D eigenvalue weighted by Gasteiger charge is 2.11. The van der Waals surface area contributed by atoms with E-state index in [1.165, 1.54) is 6.20 Å². The first kappa shape index (κ1) is 10.7. The number of pyridine rings is 1. The Bertz CT molecular complexity index is 507. The van der Waals surface area contributed by atoms with Crippen LogP contribution in [-0.2, 0) is 4.79 Å². The molecule has 1 rings (SSSR count). The molecule has 0 saturated heterocycles. The van der Waals surface area contributed by atoms with E-state index in [-0.39, 0.29) is 6.42 Å². The molecule has 0 spiro atoms. The molecule has 0 saturated carbocycles. The molecular formula is C9H6N2O4. The first-order valence-corrected chi connectivity index (χ1v) is 3.95. The van der Waals surface area contributed by atoms with Crippen LogP contribution in [0.25, 0.3) is 0 Å². The molecule has 0 radical (unpaired) electrons. The lowest BCUT2D eigenvalue weighted by Crippen LogP contribution is -2.10. The van der Waals surface area contributed by atoms with E-state index in [2.05, 4.69) is 16.8 Å². The maximum absolute atomic E-state index is 10.9. The summed E-state index contributed by atoms with van der Waals surface area (Å²) in [6, 6.07) is 1.07. The van der Waals surface area contributed by atoms with Gasteiger partial charge in [-0.3, -0.25) is 14.9 Å². The highest BCUT2D eigenvalue weighted by molar-refractivity contribution is 5.55. The number of nitro groups is 1. The zero-order valence-electron chi connectivity index (χ0n) is 7.52. The molecule has 0 amide bonds. The fourth-order valence-electron chi connectivity index (χ4n) is 0.874. The molecule has 0 bridgehead atoms. The molecule has 0 aliphatic carbocycles. The number of nitrogens with one attached hydrogen (secondary N) is 1. The molecule has 1 N–H and O–H groups in total. The molecule has 0 aliphatic heterocycles. The maximum atomic E-state index is 10.9. The Kier molecular flexibility index (Phi) is 3.35. The molecule has 0 atom stereocenters. The molecule has 6 heteroatoms. The number of aromatic amines is 1. The van der Waals surface area contributed by atoms with E-state index >= 15 is 0 Å². The average Bonchev–Trinajstić information content (AvgIpc) is 2.20. The number of rotatable bonds is 2. The number of carbonyl (C=O) groups excluding carboxylic acids is 1. The van der Waals surface area contributed by atoms with Crippen molar-refractivity contribution in [1.29, 1.82) is 0 Å². The van der Waals surface area contributed by atoms with Crippen molar-refractivity contribution in [2.24, 2.45) is 0 Å². The summed E-state index contributed by atoms with van der Waals surface area (Å²) in [7, 11) is 0. The summed E-state index contributed by atoms with van der Waals surface area (Å²) in [5, 5.41) is 10.4. The standard InChI is InChI=1S/C9H6N2O4/c12-4-2-1-3-7-5-8(11(14)15)9(13)10-6-7/h4-6H,2H2,(H,10,13). The zero-order chi connectivity index (χ0) is 11.3. The lowest BCUT2D eigenvalue weighted by Gasteiger charge is -1.90. The molecular weight excluding hydrogens is 200 g/mol. The van der Waals surface area contributed by atoms with Crippen molar-refractivity contribution in [3.63, 3.8) is 0 Å². The SMILES string of the molecule is O=CCC#Cc1c[nH]c(=O)c([N+](=O)[O-])c1. The van der Waals surface area contributed by atoms with Gasteiger partial charge in [-0.25, -0.2) is 0 Å². The van der Waals surface area contributed by atoms with E-state index in [1.54, 1.807) is 0 Å². The second-order valence-corrected chi connectivity index (χ2v) is 2.53. The van der Waals surface area contributed by atoms with Crippen molar-refractivity contribution in [2.45, 2.75) is 6.42 Å². The van der Waals surface area contributed by atoms with Crippen molar-refractivity contribution in [1.82, 2.24) is 4.98 Å². The van der Waals surface area contributed by atoms with Crippen LogP contribution in [0.3, 0.4) is 0 Å². The Labute approximate surface area is 84.1 Å². The molecule has 0 aliphatic rings. The highest BCUT2D eigenvalue weighted by atomic mass is 16.6. The fourth-order valence-corrected chi connectivity index (χ4v) is 0.874. The normalized spacial score (nSPS) is 8.80. The minimum absolute atomic E-state index is 0.0485. The number of carbonyl (C=O) groups is 1. The van der Waals surface area contributed by atoms with Crippen molar-refractivity contribution < 1.29 is 9.72 Å². The van der Waals surface area contributed by atoms with Crippen LogP contribution in [-0.4, -0.2) is 16.2 Å². The van der Waals surface area contributed by atoms with Crippen LogP contribution in [0.1, 0.15) is 12.0 Å². The van der Waals surface area contributed by atoms with Crippen LogP contribution >= 0.6 is 0 Å². The fraction of sp³-hybridized carbons (Fsp3) is 0.111. The summed E-state index contributed by atoms with van der Waals surface area (Å²) < 4.78 is 0. The third-order valence-corrected chi connectivity index (χ3v) is 1.50. The number of aromatic nitrogens is 1. The van der Waals surface area contributed by atoms with E-state index < -0.39 is 16.2 Å². The van der Waals surface area contributed by atoms with Crippen molar-refractivity contribution >= 4 is 12.0 Å². The summed E-state index contributed by atoms with van der Waals surface area (Å²) in [4.78, 5) is 32.7. The second kappa shape index (κ2) is 4.72. The van der Waals surface area contributed by atoms with Crippen LogP contribution in [0.15, 0.2) is 17.1 Å². The van der Waals surface area contributed by atoms with Gasteiger partial charge < -0.3 is 9.78 Å². The number of hydrogen-bond donors (Lipinski definition) is 1. The number of hydrogen-bond acceptors (Lipinski definition) is 4. The predicted molar refractivity (Wildman–Crippen MR) is 51.3 cm³/mol. The summed E-state index contributed by atoms with van der Waals surface area (Å²) >= 11 is 0. The average molecular weight is 206 g/mol. The van der Waals surface area contributed by atoms with Gasteiger partial charge >= 0.3 is 11.2 Å². The van der Waals surface area contributed by atoms with Gasteiger partial charge in [0, 0.05) is 17.8 Å². The Balaban J connectivity index is 3.09. The third-order valence-electron chi connectivity index (χ3n) is 1.50. The van der Waals surface area contributed by atoms with Gasteiger partial charge in [-0.2, -0.15) is 0 Å². The van der Waals surface area contributed by atoms with Crippen LogP contribution in [0.5, 0.6) is 0 Å². The van der Waals surface area contributed by atoms with Gasteiger partial charge in [0.2, 0.25) is 0 Å². The number of nitrogens with zero attached hydrogens (tertiary/aromatic N) is 1. The van der Waals surface area contributed by atoms with Gasteiger partial charge in [-0.1, -0.05) is 11.8 Å². The quantitative estimate of drug-likeness (QED) is 0.324. The Hall–Kier alpha value is -2.42. The minimum atomic E-state index is -0.788. The summed E-state index contributed by atoms with van der Waals surface area (Å²) in [6.45, 7) is 0. The molecule has 15 heavy (non-hydrogen) atoms. The molecule has 1 aromatic heterocycles. The smallest absolute Gasteiger partial charge is 0.322 e. The summed E-state index contributed by atoms with van der Waals surface area (Å²) in [5.41, 5.74) is -1.04. The van der Waals surface area contributed by atoms with Crippen LogP contribution < -0.4 is 5.56 Å². The topological polar surface area (TPSA) is 93.1 Å². The van der Waals surface area contributed by atoms with Crippen molar-refractivity contribution in [3.05, 3.63) is 38.3 Å². The van der Waals surface area contributed by atoms with Gasteiger partial charge in [0.25, 0.3) is 0 Å². The largest absolute Gasteiger partial charge is 0.335 e. The third kappa shape index (κ3) is 2.77. The first-order valence-electron chi connectivity index (χ1n) is 3.95. The van der Waals surface area contributed by atoms with Gasteiger partial charge in [-0.15, -0.1) is 0 Å². The van der Waals surface area contributed by atoms with Crippen LogP contribution in [0.4, 0.5) is 5.69 Å². The second-order valence-electron chi connectivity index (χ2n) is 2.53. The Morgan fingerprint density at radius 2 is 2.33 bits per heavy atom. The summed E-state index contributed by atoms with van der Waals surface area (Å²) in [5.74, 6) is 4.99. The van der Waals surface area contributed by atoms with E-state index in [0.717, 1.165) is 6.07 Å². The van der Waals surface area contributed by atoms with Gasteiger partial charge in [0.15, 0.2) is 0 Å². The molecule has 6 nitrogen and oxygen atoms in total. The zero-order valence-corrected chi connectivity index (χ0v) is 7.52. The molecule has 0 aromatic carbocycles.